The van der Waals surface area contributed by atoms with Crippen LogP contribution in [0.15, 0.2) is 48.5 Å². The standard InChI is InChI=1S/C29H36ClN5O/c1-4-35-27(6-5-15-31-25-10-8-24(30)9-11-25)19-23-18-22(7-12-28(23)35)20-32-26-13-16-34(17-14-26)29(36)21-33(2)3/h7-12,18-19,26,31-32H,4,13-17,20-21H2,1-3H3. The van der Waals surface area contributed by atoms with Crippen LogP contribution >= 0.6 is 11.6 Å². The number of aryl methyl sites for hydroxylation is 1. The Bertz CT molecular complexity index is 1230. The SMILES string of the molecule is CCn1c(C#CCNc2ccc(Cl)cc2)cc2cc(CNC3CCN(C(=O)CN(C)C)CC3)ccc21. The van der Waals surface area contributed by atoms with Crippen molar-refractivity contribution in [2.24, 2.45) is 0 Å². The van der Waals surface area contributed by atoms with Crippen molar-refractivity contribution in [3.05, 3.63) is 64.8 Å². The molecule has 1 aliphatic rings. The highest BCUT2D eigenvalue weighted by Crippen LogP contribution is 2.22. The molecule has 0 saturated carbocycles. The molecule has 1 aromatic heterocycles. The van der Waals surface area contributed by atoms with E-state index < -0.39 is 0 Å². The first-order chi connectivity index (χ1) is 17.4. The number of likely N-dealkylation sites (tertiary alicyclic amines) is 1. The number of nitrogens with zero attached hydrogens (tertiary/aromatic N) is 3. The maximum Gasteiger partial charge on any atom is 0.236 e. The lowest BCUT2D eigenvalue weighted by molar-refractivity contribution is -0.132. The molecular weight excluding hydrogens is 470 g/mol. The summed E-state index contributed by atoms with van der Waals surface area (Å²) < 4.78 is 2.27. The molecule has 36 heavy (non-hydrogen) atoms. The average molecular weight is 506 g/mol. The molecule has 0 spiro atoms. The summed E-state index contributed by atoms with van der Waals surface area (Å²) in [7, 11) is 3.88. The normalized spacial score (nSPS) is 14.2. The summed E-state index contributed by atoms with van der Waals surface area (Å²) >= 11 is 5.95. The van der Waals surface area contributed by atoms with Gasteiger partial charge in [-0.05, 0) is 87.8 Å². The largest absolute Gasteiger partial charge is 0.374 e. The van der Waals surface area contributed by atoms with Crippen LogP contribution in [-0.2, 0) is 17.9 Å². The summed E-state index contributed by atoms with van der Waals surface area (Å²) in [6, 6.07) is 17.0. The molecule has 0 unspecified atom stereocenters. The van der Waals surface area contributed by atoms with Crippen molar-refractivity contribution in [2.45, 2.75) is 38.9 Å². The van der Waals surface area contributed by atoms with E-state index in [1.807, 2.05) is 48.2 Å². The van der Waals surface area contributed by atoms with Crippen LogP contribution in [0.2, 0.25) is 5.02 Å². The third-order valence-corrected chi connectivity index (χ3v) is 6.87. The molecule has 0 bridgehead atoms. The van der Waals surface area contributed by atoms with Gasteiger partial charge < -0.3 is 25.0 Å². The number of carbonyl (C=O) groups is 1. The molecule has 190 valence electrons. The molecule has 0 aliphatic carbocycles. The smallest absolute Gasteiger partial charge is 0.236 e. The zero-order chi connectivity index (χ0) is 25.5. The van der Waals surface area contributed by atoms with E-state index in [-0.39, 0.29) is 5.91 Å². The Hall–Kier alpha value is -2.98. The van der Waals surface area contributed by atoms with Crippen LogP contribution in [0, 0.1) is 11.8 Å². The first-order valence-electron chi connectivity index (χ1n) is 12.7. The Morgan fingerprint density at radius 1 is 1.11 bits per heavy atom. The van der Waals surface area contributed by atoms with Crippen molar-refractivity contribution < 1.29 is 4.79 Å². The minimum absolute atomic E-state index is 0.226. The van der Waals surface area contributed by atoms with Gasteiger partial charge in [0.2, 0.25) is 5.91 Å². The number of piperidine rings is 1. The van der Waals surface area contributed by atoms with Gasteiger partial charge in [0.15, 0.2) is 0 Å². The zero-order valence-corrected chi connectivity index (χ0v) is 22.2. The molecule has 3 aromatic rings. The van der Waals surface area contributed by atoms with Gasteiger partial charge in [-0.15, -0.1) is 0 Å². The van der Waals surface area contributed by atoms with Crippen molar-refractivity contribution >= 4 is 34.1 Å². The molecule has 1 amide bonds. The van der Waals surface area contributed by atoms with Crippen LogP contribution in [-0.4, -0.2) is 66.6 Å². The second kappa shape index (κ2) is 12.3. The fourth-order valence-electron chi connectivity index (χ4n) is 4.69. The maximum absolute atomic E-state index is 12.3. The van der Waals surface area contributed by atoms with Crippen LogP contribution in [0.3, 0.4) is 0 Å². The fraction of sp³-hybridized carbons (Fsp3) is 0.414. The summed E-state index contributed by atoms with van der Waals surface area (Å²) in [6.07, 6.45) is 1.99. The van der Waals surface area contributed by atoms with Crippen LogP contribution in [0.5, 0.6) is 0 Å². The van der Waals surface area contributed by atoms with Crippen LogP contribution in [0.25, 0.3) is 10.9 Å². The van der Waals surface area contributed by atoms with Gasteiger partial charge >= 0.3 is 0 Å². The number of halogens is 1. The lowest BCUT2D eigenvalue weighted by Crippen LogP contribution is -2.47. The molecule has 2 N–H and O–H groups in total. The number of amides is 1. The number of fused-ring (bicyclic) bond motifs is 1. The predicted octanol–water partition coefficient (Wildman–Crippen LogP) is 4.42. The van der Waals surface area contributed by atoms with E-state index >= 15 is 0 Å². The Morgan fingerprint density at radius 3 is 2.56 bits per heavy atom. The van der Waals surface area contributed by atoms with E-state index in [0.717, 1.165) is 55.4 Å². The van der Waals surface area contributed by atoms with Gasteiger partial charge in [-0.2, -0.15) is 0 Å². The van der Waals surface area contributed by atoms with E-state index in [1.54, 1.807) is 0 Å². The number of hydrogen-bond donors (Lipinski definition) is 2. The summed E-state index contributed by atoms with van der Waals surface area (Å²) in [4.78, 5) is 16.2. The minimum Gasteiger partial charge on any atom is -0.374 e. The highest BCUT2D eigenvalue weighted by atomic mass is 35.5. The number of nitrogens with one attached hydrogen (secondary N) is 2. The van der Waals surface area contributed by atoms with Crippen molar-refractivity contribution in [2.75, 3.05) is 45.6 Å². The van der Waals surface area contributed by atoms with Gasteiger partial charge in [0.1, 0.15) is 0 Å². The summed E-state index contributed by atoms with van der Waals surface area (Å²) in [5.74, 6) is 6.81. The maximum atomic E-state index is 12.3. The Kier molecular flexibility index (Phi) is 8.93. The molecule has 4 rings (SSSR count). The van der Waals surface area contributed by atoms with Crippen molar-refractivity contribution in [3.8, 4) is 11.8 Å². The molecule has 6 nitrogen and oxygen atoms in total. The first kappa shape index (κ1) is 26.1. The molecule has 1 fully saturated rings. The van der Waals surface area contributed by atoms with Gasteiger partial charge in [-0.3, -0.25) is 4.79 Å². The quantitative estimate of drug-likeness (QED) is 0.445. The Balaban J connectivity index is 1.33. The number of aromatic nitrogens is 1. The lowest BCUT2D eigenvalue weighted by atomic mass is 10.0. The second-order valence-electron chi connectivity index (χ2n) is 9.60. The topological polar surface area (TPSA) is 52.5 Å². The minimum atomic E-state index is 0.226. The van der Waals surface area contributed by atoms with E-state index in [9.17, 15) is 4.79 Å². The number of carbonyl (C=O) groups excluding carboxylic acids is 1. The molecule has 2 heterocycles. The van der Waals surface area contributed by atoms with E-state index in [2.05, 4.69) is 58.2 Å². The summed E-state index contributed by atoms with van der Waals surface area (Å²) in [5, 5.41) is 8.96. The van der Waals surface area contributed by atoms with Crippen molar-refractivity contribution in [1.82, 2.24) is 19.7 Å². The third kappa shape index (κ3) is 6.82. The molecule has 0 atom stereocenters. The van der Waals surface area contributed by atoms with Crippen LogP contribution < -0.4 is 10.6 Å². The Labute approximate surface area is 219 Å². The molecule has 1 saturated heterocycles. The van der Waals surface area contributed by atoms with E-state index in [4.69, 9.17) is 11.6 Å². The number of rotatable bonds is 8. The van der Waals surface area contributed by atoms with E-state index in [0.29, 0.717) is 19.1 Å². The lowest BCUT2D eigenvalue weighted by Gasteiger charge is -2.33. The highest BCUT2D eigenvalue weighted by molar-refractivity contribution is 6.30. The van der Waals surface area contributed by atoms with Gasteiger partial charge in [-0.25, -0.2) is 0 Å². The van der Waals surface area contributed by atoms with Crippen LogP contribution in [0.1, 0.15) is 31.0 Å². The third-order valence-electron chi connectivity index (χ3n) is 6.62. The highest BCUT2D eigenvalue weighted by Gasteiger charge is 2.22. The number of likely N-dealkylation sites (N-methyl/N-ethyl adjacent to an activating group) is 1. The van der Waals surface area contributed by atoms with Crippen molar-refractivity contribution in [3.63, 3.8) is 0 Å². The van der Waals surface area contributed by atoms with Gasteiger partial charge in [-0.1, -0.05) is 23.6 Å². The van der Waals surface area contributed by atoms with E-state index in [1.165, 1.54) is 16.5 Å². The number of benzene rings is 2. The average Bonchev–Trinajstić information content (AvgIpc) is 3.23. The number of hydrogen-bond acceptors (Lipinski definition) is 4. The molecule has 2 aromatic carbocycles. The zero-order valence-electron chi connectivity index (χ0n) is 21.5. The van der Waals surface area contributed by atoms with Gasteiger partial charge in [0, 0.05) is 53.8 Å². The predicted molar refractivity (Wildman–Crippen MR) is 149 cm³/mol. The van der Waals surface area contributed by atoms with Gasteiger partial charge in [0.25, 0.3) is 0 Å². The van der Waals surface area contributed by atoms with Crippen molar-refractivity contribution in [1.29, 1.82) is 0 Å². The first-order valence-corrected chi connectivity index (χ1v) is 13.1. The molecule has 0 radical (unpaired) electrons. The fourth-order valence-corrected chi connectivity index (χ4v) is 4.82. The molecule has 1 aliphatic heterocycles. The molecule has 7 heteroatoms. The van der Waals surface area contributed by atoms with Crippen LogP contribution in [0.4, 0.5) is 5.69 Å². The number of anilines is 1. The summed E-state index contributed by atoms with van der Waals surface area (Å²) in [5.41, 5.74) is 4.52. The Morgan fingerprint density at radius 2 is 1.86 bits per heavy atom. The summed E-state index contributed by atoms with van der Waals surface area (Å²) in [6.45, 7) is 6.58. The van der Waals surface area contributed by atoms with Gasteiger partial charge in [0.05, 0.1) is 18.8 Å². The molecular formula is C29H36ClN5O. The second-order valence-corrected chi connectivity index (χ2v) is 10.0. The monoisotopic (exact) mass is 505 g/mol.